The van der Waals surface area contributed by atoms with Crippen molar-refractivity contribution in [2.24, 2.45) is 11.3 Å². The van der Waals surface area contributed by atoms with Crippen molar-refractivity contribution in [3.05, 3.63) is 0 Å². The van der Waals surface area contributed by atoms with E-state index in [2.05, 4.69) is 46.9 Å². The van der Waals surface area contributed by atoms with Crippen molar-refractivity contribution in [2.75, 3.05) is 13.2 Å². The third-order valence-electron chi connectivity index (χ3n) is 3.74. The molecule has 2 N–H and O–H groups in total. The van der Waals surface area contributed by atoms with Gasteiger partial charge >= 0.3 is 0 Å². The summed E-state index contributed by atoms with van der Waals surface area (Å²) in [5, 5.41) is 13.3. The third-order valence-corrected chi connectivity index (χ3v) is 3.74. The zero-order chi connectivity index (χ0) is 14.7. The van der Waals surface area contributed by atoms with E-state index in [9.17, 15) is 5.11 Å². The van der Waals surface area contributed by atoms with Gasteiger partial charge in [-0.1, -0.05) is 20.8 Å². The van der Waals surface area contributed by atoms with Crippen LogP contribution in [0.4, 0.5) is 0 Å². The number of rotatable bonds is 5. The highest BCUT2D eigenvalue weighted by Crippen LogP contribution is 2.39. The minimum absolute atomic E-state index is 0.0440. The van der Waals surface area contributed by atoms with Crippen LogP contribution in [0.15, 0.2) is 0 Å². The van der Waals surface area contributed by atoms with E-state index in [1.54, 1.807) is 0 Å². The predicted molar refractivity (Wildman–Crippen MR) is 80.3 cm³/mol. The minimum atomic E-state index is -0.417. The molecule has 0 saturated heterocycles. The van der Waals surface area contributed by atoms with Crippen LogP contribution in [0.1, 0.15) is 60.8 Å². The largest absolute Gasteiger partial charge is 0.389 e. The van der Waals surface area contributed by atoms with E-state index < -0.39 is 6.10 Å². The first kappa shape index (κ1) is 16.9. The normalized spacial score (nSPS) is 29.2. The van der Waals surface area contributed by atoms with Crippen LogP contribution in [0, 0.1) is 11.3 Å². The van der Waals surface area contributed by atoms with Crippen LogP contribution in [0.25, 0.3) is 0 Å². The van der Waals surface area contributed by atoms with Crippen molar-refractivity contribution in [1.29, 1.82) is 0 Å². The molecule has 19 heavy (non-hydrogen) atoms. The molecular weight excluding hydrogens is 238 g/mol. The second-order valence-corrected chi connectivity index (χ2v) is 8.15. The van der Waals surface area contributed by atoms with Crippen molar-refractivity contribution in [3.8, 4) is 0 Å². The molecule has 0 radical (unpaired) electrons. The number of ether oxygens (including phenoxy) is 1. The van der Waals surface area contributed by atoms with E-state index >= 15 is 0 Å². The quantitative estimate of drug-likeness (QED) is 0.808. The summed E-state index contributed by atoms with van der Waals surface area (Å²) in [7, 11) is 0. The Labute approximate surface area is 119 Å². The zero-order valence-electron chi connectivity index (χ0n) is 13.6. The van der Waals surface area contributed by atoms with Crippen molar-refractivity contribution < 1.29 is 9.84 Å². The van der Waals surface area contributed by atoms with Crippen molar-refractivity contribution in [3.63, 3.8) is 0 Å². The van der Waals surface area contributed by atoms with E-state index in [-0.39, 0.29) is 5.54 Å². The molecule has 3 nitrogen and oxygen atoms in total. The monoisotopic (exact) mass is 271 g/mol. The predicted octanol–water partition coefficient (Wildman–Crippen LogP) is 2.97. The Kier molecular flexibility index (Phi) is 5.84. The molecule has 3 heteroatoms. The highest BCUT2D eigenvalue weighted by atomic mass is 16.5. The molecule has 1 aliphatic rings. The molecular formula is C16H33NO2. The zero-order valence-corrected chi connectivity index (χ0v) is 13.6. The Bertz CT molecular complexity index is 270. The summed E-state index contributed by atoms with van der Waals surface area (Å²) in [5.41, 5.74) is 0.416. The van der Waals surface area contributed by atoms with Gasteiger partial charge in [-0.05, 0) is 51.4 Å². The standard InChI is InChI=1S/C16H33NO2/c1-12-7-14(9-16(5,6)8-12)19-11-13(18)10-17-15(2,3)4/h12-14,17-18H,7-11H2,1-6H3/t12-,13+,14-/m0/s1. The molecule has 0 unspecified atom stereocenters. The van der Waals surface area contributed by atoms with E-state index in [4.69, 9.17) is 4.74 Å². The van der Waals surface area contributed by atoms with Gasteiger partial charge in [0.2, 0.25) is 0 Å². The van der Waals surface area contributed by atoms with Crippen LogP contribution in [0.3, 0.4) is 0 Å². The molecule has 0 amide bonds. The van der Waals surface area contributed by atoms with Gasteiger partial charge in [0.05, 0.1) is 18.8 Å². The maximum absolute atomic E-state index is 9.95. The lowest BCUT2D eigenvalue weighted by molar-refractivity contribution is -0.0558. The second kappa shape index (κ2) is 6.55. The average Bonchev–Trinajstić information content (AvgIpc) is 2.19. The van der Waals surface area contributed by atoms with Crippen LogP contribution in [-0.4, -0.2) is 36.0 Å². The molecule has 0 bridgehead atoms. The lowest BCUT2D eigenvalue weighted by Gasteiger charge is -2.39. The summed E-state index contributed by atoms with van der Waals surface area (Å²) in [6, 6.07) is 0. The minimum Gasteiger partial charge on any atom is -0.389 e. The molecule has 0 aromatic carbocycles. The molecule has 3 atom stereocenters. The van der Waals surface area contributed by atoms with Crippen LogP contribution in [0.2, 0.25) is 0 Å². The van der Waals surface area contributed by atoms with Gasteiger partial charge in [0.1, 0.15) is 0 Å². The summed E-state index contributed by atoms with van der Waals surface area (Å²) >= 11 is 0. The van der Waals surface area contributed by atoms with Crippen molar-refractivity contribution >= 4 is 0 Å². The lowest BCUT2D eigenvalue weighted by Crippen LogP contribution is -2.43. The van der Waals surface area contributed by atoms with Gasteiger partial charge in [0, 0.05) is 12.1 Å². The Morgan fingerprint density at radius 1 is 1.32 bits per heavy atom. The molecule has 0 aromatic heterocycles. The number of nitrogens with one attached hydrogen (secondary N) is 1. The molecule has 0 aliphatic heterocycles. The molecule has 114 valence electrons. The summed E-state index contributed by atoms with van der Waals surface area (Å²) in [6.45, 7) is 14.3. The van der Waals surface area contributed by atoms with Gasteiger partial charge in [0.15, 0.2) is 0 Å². The molecule has 1 saturated carbocycles. The fourth-order valence-corrected chi connectivity index (χ4v) is 3.12. The van der Waals surface area contributed by atoms with E-state index in [1.165, 1.54) is 6.42 Å². The first-order valence-corrected chi connectivity index (χ1v) is 7.62. The molecule has 0 spiro atoms. The fourth-order valence-electron chi connectivity index (χ4n) is 3.12. The summed E-state index contributed by atoms with van der Waals surface area (Å²) in [6.07, 6.45) is 3.41. The third kappa shape index (κ3) is 7.28. The average molecular weight is 271 g/mol. The van der Waals surface area contributed by atoms with Crippen molar-refractivity contribution in [2.45, 2.75) is 78.6 Å². The van der Waals surface area contributed by atoms with Gasteiger partial charge in [-0.3, -0.25) is 0 Å². The Morgan fingerprint density at radius 3 is 2.47 bits per heavy atom. The van der Waals surface area contributed by atoms with Gasteiger partial charge < -0.3 is 15.2 Å². The topological polar surface area (TPSA) is 41.5 Å². The summed E-state index contributed by atoms with van der Waals surface area (Å²) in [5.74, 6) is 0.721. The number of β-amino-alcohol motifs (C(OH)–C–C–N with tert-alkyl or cyclic N) is 1. The number of aliphatic hydroxyl groups excluding tert-OH is 1. The van der Waals surface area contributed by atoms with Gasteiger partial charge in [-0.2, -0.15) is 0 Å². The summed E-state index contributed by atoms with van der Waals surface area (Å²) < 4.78 is 5.93. The maximum Gasteiger partial charge on any atom is 0.0898 e. The van der Waals surface area contributed by atoms with Crippen LogP contribution in [0.5, 0.6) is 0 Å². The highest BCUT2D eigenvalue weighted by molar-refractivity contribution is 4.83. The molecule has 1 rings (SSSR count). The van der Waals surface area contributed by atoms with Gasteiger partial charge in [-0.25, -0.2) is 0 Å². The number of aliphatic hydroxyl groups is 1. The Morgan fingerprint density at radius 2 is 1.95 bits per heavy atom. The van der Waals surface area contributed by atoms with E-state index in [0.29, 0.717) is 24.7 Å². The van der Waals surface area contributed by atoms with Gasteiger partial charge in [0.25, 0.3) is 0 Å². The van der Waals surface area contributed by atoms with E-state index in [0.717, 1.165) is 18.8 Å². The van der Waals surface area contributed by atoms with Gasteiger partial charge in [-0.15, -0.1) is 0 Å². The maximum atomic E-state index is 9.95. The molecule has 0 aromatic rings. The number of hydrogen-bond donors (Lipinski definition) is 2. The van der Waals surface area contributed by atoms with Crippen LogP contribution >= 0.6 is 0 Å². The smallest absolute Gasteiger partial charge is 0.0898 e. The van der Waals surface area contributed by atoms with Crippen molar-refractivity contribution in [1.82, 2.24) is 5.32 Å². The second-order valence-electron chi connectivity index (χ2n) is 8.15. The molecule has 1 aliphatic carbocycles. The molecule has 1 fully saturated rings. The number of hydrogen-bond acceptors (Lipinski definition) is 3. The SMILES string of the molecule is C[C@H]1C[C@H](OC[C@H](O)CNC(C)(C)C)CC(C)(C)C1. The molecule has 0 heterocycles. The lowest BCUT2D eigenvalue weighted by atomic mass is 9.71. The summed E-state index contributed by atoms with van der Waals surface area (Å²) in [4.78, 5) is 0. The fraction of sp³-hybridized carbons (Fsp3) is 1.00. The Balaban J connectivity index is 2.28. The van der Waals surface area contributed by atoms with E-state index in [1.807, 2.05) is 0 Å². The van der Waals surface area contributed by atoms with Crippen LogP contribution < -0.4 is 5.32 Å². The van der Waals surface area contributed by atoms with Crippen LogP contribution in [-0.2, 0) is 4.74 Å². The highest BCUT2D eigenvalue weighted by Gasteiger charge is 2.32. The Hall–Kier alpha value is -0.120. The first-order chi connectivity index (χ1) is 8.57. The first-order valence-electron chi connectivity index (χ1n) is 7.62.